The van der Waals surface area contributed by atoms with E-state index in [1.807, 2.05) is 18.2 Å². The van der Waals surface area contributed by atoms with Crippen molar-refractivity contribution in [3.63, 3.8) is 0 Å². The number of anilines is 2. The highest BCUT2D eigenvalue weighted by Crippen LogP contribution is 2.34. The van der Waals surface area contributed by atoms with Crippen LogP contribution in [0.4, 0.5) is 16.2 Å². The van der Waals surface area contributed by atoms with Gasteiger partial charge in [-0.3, -0.25) is 4.90 Å². The first kappa shape index (κ1) is 23.7. The summed E-state index contributed by atoms with van der Waals surface area (Å²) in [6.45, 7) is 3.30. The van der Waals surface area contributed by atoms with E-state index in [1.165, 1.54) is 0 Å². The zero-order valence-electron chi connectivity index (χ0n) is 19.9. The molecule has 35 heavy (non-hydrogen) atoms. The normalized spacial score (nSPS) is 28.4. The molecule has 2 amide bonds. The third kappa shape index (κ3) is 4.87. The number of fused-ring (bicyclic) bond motifs is 2. The van der Waals surface area contributed by atoms with Crippen LogP contribution in [0, 0.1) is 0 Å². The van der Waals surface area contributed by atoms with Crippen LogP contribution in [-0.2, 0) is 9.47 Å². The van der Waals surface area contributed by atoms with Gasteiger partial charge >= 0.3 is 6.03 Å². The molecule has 2 aromatic carbocycles. The zero-order valence-corrected chi connectivity index (χ0v) is 19.9. The Bertz CT molecular complexity index is 1030. The second kappa shape index (κ2) is 10.3. The predicted octanol–water partition coefficient (Wildman–Crippen LogP) is 1.50. The van der Waals surface area contributed by atoms with Crippen LogP contribution in [0.25, 0.3) is 0 Å². The Balaban J connectivity index is 1.23. The topological polar surface area (TPSA) is 105 Å². The minimum Gasteiger partial charge on any atom is -0.497 e. The molecule has 0 spiro atoms. The molecule has 3 N–H and O–H groups in total. The van der Waals surface area contributed by atoms with Crippen LogP contribution < -0.4 is 25.0 Å². The van der Waals surface area contributed by atoms with E-state index in [9.17, 15) is 9.90 Å². The minimum atomic E-state index is -0.838. The molecule has 0 aliphatic carbocycles. The van der Waals surface area contributed by atoms with Gasteiger partial charge in [-0.2, -0.15) is 0 Å². The molecule has 0 unspecified atom stereocenters. The third-order valence-electron chi connectivity index (χ3n) is 6.92. The van der Waals surface area contributed by atoms with Gasteiger partial charge in [0.1, 0.15) is 17.6 Å². The number of para-hydroxylation sites is 2. The lowest BCUT2D eigenvalue weighted by Gasteiger charge is -2.47. The molecule has 2 aromatic rings. The van der Waals surface area contributed by atoms with Gasteiger partial charge in [0, 0.05) is 37.9 Å². The SMILES string of the molecule is COc1cccc(NC(=O)N[C@H]2[C@H](O)[C@@H](N3CCN(c4ccccc4OC)CC3)[C@@H]3OC[C@H]2O3)c1. The summed E-state index contributed by atoms with van der Waals surface area (Å²) in [6.07, 6.45) is -1.76. The summed E-state index contributed by atoms with van der Waals surface area (Å²) < 4.78 is 22.7. The number of piperazine rings is 1. The molecule has 3 fully saturated rings. The van der Waals surface area contributed by atoms with Gasteiger partial charge in [-0.15, -0.1) is 0 Å². The highest BCUT2D eigenvalue weighted by Gasteiger charge is 2.53. The molecule has 5 atom stereocenters. The standard InChI is InChI=1S/C25H32N4O6/c1-32-17-7-5-6-16(14-17)26-25(31)27-21-20-15-34-24(35-20)22(23(21)30)29-12-10-28(11-13-29)18-8-3-4-9-19(18)33-2/h3-9,14,20-24,30H,10-13,15H2,1-2H3,(H2,26,27,31)/t20-,21-,22-,23+,24-/m1/s1. The largest absolute Gasteiger partial charge is 0.497 e. The van der Waals surface area contributed by atoms with Crippen molar-refractivity contribution in [1.82, 2.24) is 10.2 Å². The Hall–Kier alpha value is -3.05. The van der Waals surface area contributed by atoms with Crippen LogP contribution in [0.2, 0.25) is 0 Å². The Morgan fingerprint density at radius 2 is 1.86 bits per heavy atom. The number of methoxy groups -OCH3 is 2. The fourth-order valence-electron chi connectivity index (χ4n) is 5.14. The van der Waals surface area contributed by atoms with Gasteiger partial charge < -0.3 is 39.6 Å². The number of nitrogens with zero attached hydrogens (tertiary/aromatic N) is 2. The minimum absolute atomic E-state index is 0.323. The molecule has 2 bridgehead atoms. The molecule has 5 rings (SSSR count). The van der Waals surface area contributed by atoms with Crippen molar-refractivity contribution in [3.05, 3.63) is 48.5 Å². The van der Waals surface area contributed by atoms with Crippen molar-refractivity contribution in [3.8, 4) is 11.5 Å². The second-order valence-corrected chi connectivity index (χ2v) is 8.91. The van der Waals surface area contributed by atoms with E-state index in [-0.39, 0.29) is 6.04 Å². The fourth-order valence-corrected chi connectivity index (χ4v) is 5.14. The summed E-state index contributed by atoms with van der Waals surface area (Å²) in [7, 11) is 3.25. The summed E-state index contributed by atoms with van der Waals surface area (Å²) in [6, 6.07) is 13.7. The van der Waals surface area contributed by atoms with E-state index in [0.717, 1.165) is 37.6 Å². The number of aliphatic hydroxyl groups excluding tert-OH is 1. The van der Waals surface area contributed by atoms with Gasteiger partial charge in [-0.25, -0.2) is 4.79 Å². The van der Waals surface area contributed by atoms with Crippen molar-refractivity contribution >= 4 is 17.4 Å². The Morgan fingerprint density at radius 1 is 1.06 bits per heavy atom. The quantitative estimate of drug-likeness (QED) is 0.567. The first-order chi connectivity index (χ1) is 17.1. The van der Waals surface area contributed by atoms with Crippen molar-refractivity contribution in [2.24, 2.45) is 0 Å². The van der Waals surface area contributed by atoms with E-state index in [2.05, 4.69) is 26.5 Å². The van der Waals surface area contributed by atoms with E-state index in [4.69, 9.17) is 18.9 Å². The van der Waals surface area contributed by atoms with Gasteiger partial charge in [-0.1, -0.05) is 18.2 Å². The van der Waals surface area contributed by atoms with Crippen LogP contribution >= 0.6 is 0 Å². The smallest absolute Gasteiger partial charge is 0.319 e. The number of nitrogens with one attached hydrogen (secondary N) is 2. The van der Waals surface area contributed by atoms with Crippen LogP contribution in [0.1, 0.15) is 0 Å². The maximum absolute atomic E-state index is 12.7. The fraction of sp³-hybridized carbons (Fsp3) is 0.480. The number of aliphatic hydroxyl groups is 1. The lowest BCUT2D eigenvalue weighted by atomic mass is 9.94. The van der Waals surface area contributed by atoms with Gasteiger partial charge in [0.25, 0.3) is 0 Å². The molecular formula is C25H32N4O6. The number of benzene rings is 2. The van der Waals surface area contributed by atoms with Crippen LogP contribution in [-0.4, -0.2) is 93.6 Å². The summed E-state index contributed by atoms with van der Waals surface area (Å²) in [5.74, 6) is 1.48. The maximum atomic E-state index is 12.7. The first-order valence-corrected chi connectivity index (χ1v) is 11.9. The monoisotopic (exact) mass is 484 g/mol. The third-order valence-corrected chi connectivity index (χ3v) is 6.92. The molecule has 3 saturated heterocycles. The van der Waals surface area contributed by atoms with Crippen molar-refractivity contribution < 1.29 is 28.8 Å². The van der Waals surface area contributed by atoms with E-state index < -0.39 is 30.6 Å². The lowest BCUT2D eigenvalue weighted by Crippen LogP contribution is -2.67. The number of hydrogen-bond donors (Lipinski definition) is 3. The van der Waals surface area contributed by atoms with Crippen LogP contribution in [0.3, 0.4) is 0 Å². The highest BCUT2D eigenvalue weighted by atomic mass is 16.7. The van der Waals surface area contributed by atoms with Crippen LogP contribution in [0.5, 0.6) is 11.5 Å². The van der Waals surface area contributed by atoms with Gasteiger partial charge in [-0.05, 0) is 24.3 Å². The average Bonchev–Trinajstić information content (AvgIpc) is 3.32. The van der Waals surface area contributed by atoms with E-state index in [1.54, 1.807) is 38.5 Å². The number of amides is 2. The van der Waals surface area contributed by atoms with Gasteiger partial charge in [0.05, 0.1) is 44.7 Å². The Kier molecular flexibility index (Phi) is 6.96. The molecule has 3 aliphatic heterocycles. The maximum Gasteiger partial charge on any atom is 0.319 e. The van der Waals surface area contributed by atoms with Gasteiger partial charge in [0.15, 0.2) is 6.29 Å². The lowest BCUT2D eigenvalue weighted by molar-refractivity contribution is -0.181. The number of urea groups is 1. The van der Waals surface area contributed by atoms with E-state index >= 15 is 0 Å². The van der Waals surface area contributed by atoms with Crippen molar-refractivity contribution in [2.75, 3.05) is 57.2 Å². The van der Waals surface area contributed by atoms with E-state index in [0.29, 0.717) is 18.0 Å². The van der Waals surface area contributed by atoms with Crippen LogP contribution in [0.15, 0.2) is 48.5 Å². The predicted molar refractivity (Wildman–Crippen MR) is 130 cm³/mol. The summed E-state index contributed by atoms with van der Waals surface area (Å²) in [5, 5.41) is 17.0. The van der Waals surface area contributed by atoms with Crippen molar-refractivity contribution in [1.29, 1.82) is 0 Å². The second-order valence-electron chi connectivity index (χ2n) is 8.91. The molecule has 0 saturated carbocycles. The number of rotatable bonds is 6. The summed E-state index contributed by atoms with van der Waals surface area (Å²) in [4.78, 5) is 17.2. The van der Waals surface area contributed by atoms with Crippen molar-refractivity contribution in [2.45, 2.75) is 30.6 Å². The molecule has 10 nitrogen and oxygen atoms in total. The first-order valence-electron chi connectivity index (χ1n) is 11.9. The number of carbonyl (C=O) groups is 1. The average molecular weight is 485 g/mol. The molecule has 3 aliphatic rings. The summed E-state index contributed by atoms with van der Waals surface area (Å²) >= 11 is 0. The molecule has 188 valence electrons. The number of carbonyl (C=O) groups excluding carboxylic acids is 1. The molecule has 3 heterocycles. The summed E-state index contributed by atoms with van der Waals surface area (Å²) in [5.41, 5.74) is 1.65. The highest BCUT2D eigenvalue weighted by molar-refractivity contribution is 5.89. The Labute approximate surface area is 204 Å². The molecule has 0 aromatic heterocycles. The van der Waals surface area contributed by atoms with Gasteiger partial charge in [0.2, 0.25) is 0 Å². The molecule has 0 radical (unpaired) electrons. The zero-order chi connectivity index (χ0) is 24.4. The Morgan fingerprint density at radius 3 is 2.63 bits per heavy atom. The molecule has 10 heteroatoms. The number of hydrogen-bond acceptors (Lipinski definition) is 8. The molecular weight excluding hydrogens is 452 g/mol. The number of ether oxygens (including phenoxy) is 4.